The van der Waals surface area contributed by atoms with E-state index in [-0.39, 0.29) is 6.04 Å². The average Bonchev–Trinajstić information content (AvgIpc) is 3.01. The number of anilines is 1. The standard InChI is InChI=1S/C14H21FN2/c1-10(17-9-14(15)6-7-14)8-12-4-3-5-13(16)11(12)2/h3-5,10,17H,6-9,16H2,1-2H3. The Morgan fingerprint density at radius 1 is 1.47 bits per heavy atom. The van der Waals surface area contributed by atoms with E-state index in [0.717, 1.165) is 17.7 Å². The number of benzene rings is 1. The highest BCUT2D eigenvalue weighted by Gasteiger charge is 2.42. The third-order valence-electron chi connectivity index (χ3n) is 3.57. The first-order chi connectivity index (χ1) is 8.00. The molecule has 1 fully saturated rings. The molecule has 0 spiro atoms. The second-order valence-corrected chi connectivity index (χ2v) is 5.27. The molecular weight excluding hydrogens is 215 g/mol. The van der Waals surface area contributed by atoms with E-state index in [1.54, 1.807) is 0 Å². The lowest BCUT2D eigenvalue weighted by Crippen LogP contribution is -2.34. The number of nitrogens with one attached hydrogen (secondary N) is 1. The summed E-state index contributed by atoms with van der Waals surface area (Å²) in [5.41, 5.74) is 8.17. The molecule has 1 aromatic rings. The molecule has 0 heterocycles. The molecule has 2 nitrogen and oxygen atoms in total. The molecule has 0 aliphatic heterocycles. The van der Waals surface area contributed by atoms with Gasteiger partial charge < -0.3 is 11.1 Å². The Balaban J connectivity index is 1.88. The van der Waals surface area contributed by atoms with Crippen molar-refractivity contribution in [2.45, 2.75) is 44.8 Å². The second kappa shape index (κ2) is 4.65. The van der Waals surface area contributed by atoms with Gasteiger partial charge in [0.25, 0.3) is 0 Å². The molecular formula is C14H21FN2. The number of rotatable bonds is 5. The summed E-state index contributed by atoms with van der Waals surface area (Å²) in [5.74, 6) is 0. The fourth-order valence-corrected chi connectivity index (χ4v) is 2.00. The predicted octanol–water partition coefficient (Wildman–Crippen LogP) is 2.60. The molecule has 0 bridgehead atoms. The van der Waals surface area contributed by atoms with Gasteiger partial charge in [-0.15, -0.1) is 0 Å². The Morgan fingerprint density at radius 2 is 2.18 bits per heavy atom. The zero-order chi connectivity index (χ0) is 12.5. The van der Waals surface area contributed by atoms with Gasteiger partial charge in [-0.3, -0.25) is 0 Å². The average molecular weight is 236 g/mol. The highest BCUT2D eigenvalue weighted by atomic mass is 19.1. The van der Waals surface area contributed by atoms with Crippen molar-refractivity contribution in [2.75, 3.05) is 12.3 Å². The number of hydrogen-bond acceptors (Lipinski definition) is 2. The van der Waals surface area contributed by atoms with Crippen molar-refractivity contribution >= 4 is 5.69 Å². The number of alkyl halides is 1. The van der Waals surface area contributed by atoms with Crippen LogP contribution < -0.4 is 11.1 Å². The highest BCUT2D eigenvalue weighted by Crippen LogP contribution is 2.38. The molecule has 1 aliphatic rings. The fourth-order valence-electron chi connectivity index (χ4n) is 2.00. The van der Waals surface area contributed by atoms with Crippen LogP contribution in [-0.2, 0) is 6.42 Å². The van der Waals surface area contributed by atoms with Gasteiger partial charge in [-0.1, -0.05) is 12.1 Å². The lowest BCUT2D eigenvalue weighted by Gasteiger charge is -2.17. The van der Waals surface area contributed by atoms with Crippen molar-refractivity contribution < 1.29 is 4.39 Å². The van der Waals surface area contributed by atoms with E-state index in [1.807, 2.05) is 19.1 Å². The summed E-state index contributed by atoms with van der Waals surface area (Å²) in [5, 5.41) is 3.26. The molecule has 2 rings (SSSR count). The molecule has 1 unspecified atom stereocenters. The molecule has 17 heavy (non-hydrogen) atoms. The Labute approximate surface area is 102 Å². The Kier molecular flexibility index (Phi) is 3.38. The molecule has 3 N–H and O–H groups in total. The normalized spacial score (nSPS) is 19.0. The number of nitrogens with two attached hydrogens (primary N) is 1. The van der Waals surface area contributed by atoms with Gasteiger partial charge in [-0.2, -0.15) is 0 Å². The third-order valence-corrected chi connectivity index (χ3v) is 3.57. The number of nitrogen functional groups attached to an aromatic ring is 1. The minimum absolute atomic E-state index is 0.281. The Hall–Kier alpha value is -1.09. The van der Waals surface area contributed by atoms with Gasteiger partial charge >= 0.3 is 0 Å². The molecule has 0 amide bonds. The summed E-state index contributed by atoms with van der Waals surface area (Å²) in [6, 6.07) is 6.26. The topological polar surface area (TPSA) is 38.0 Å². The van der Waals surface area contributed by atoms with Crippen LogP contribution in [0.25, 0.3) is 0 Å². The Morgan fingerprint density at radius 3 is 2.82 bits per heavy atom. The van der Waals surface area contributed by atoms with Crippen LogP contribution in [-0.4, -0.2) is 18.3 Å². The van der Waals surface area contributed by atoms with Crippen LogP contribution in [0.3, 0.4) is 0 Å². The maximum atomic E-state index is 13.5. The summed E-state index contributed by atoms with van der Waals surface area (Å²) in [6.45, 7) is 4.61. The zero-order valence-corrected chi connectivity index (χ0v) is 10.6. The van der Waals surface area contributed by atoms with Crippen molar-refractivity contribution in [3.63, 3.8) is 0 Å². The maximum Gasteiger partial charge on any atom is 0.123 e. The fraction of sp³-hybridized carbons (Fsp3) is 0.571. The first-order valence-electron chi connectivity index (χ1n) is 6.26. The summed E-state index contributed by atoms with van der Waals surface area (Å²) >= 11 is 0. The van der Waals surface area contributed by atoms with Crippen molar-refractivity contribution in [3.05, 3.63) is 29.3 Å². The van der Waals surface area contributed by atoms with E-state index < -0.39 is 5.67 Å². The van der Waals surface area contributed by atoms with Crippen LogP contribution in [0.1, 0.15) is 30.9 Å². The lowest BCUT2D eigenvalue weighted by atomic mass is 10.0. The minimum Gasteiger partial charge on any atom is -0.399 e. The van der Waals surface area contributed by atoms with E-state index in [0.29, 0.717) is 19.4 Å². The molecule has 3 heteroatoms. The Bertz CT molecular complexity index is 399. The van der Waals surface area contributed by atoms with Gasteiger partial charge in [0, 0.05) is 18.3 Å². The maximum absolute atomic E-state index is 13.5. The summed E-state index contributed by atoms with van der Waals surface area (Å²) in [4.78, 5) is 0. The number of halogens is 1. The molecule has 0 radical (unpaired) electrons. The van der Waals surface area contributed by atoms with E-state index in [4.69, 9.17) is 5.73 Å². The van der Waals surface area contributed by atoms with E-state index in [2.05, 4.69) is 18.3 Å². The first kappa shape index (κ1) is 12.4. The minimum atomic E-state index is -0.918. The van der Waals surface area contributed by atoms with Gasteiger partial charge in [0.15, 0.2) is 0 Å². The monoisotopic (exact) mass is 236 g/mol. The first-order valence-corrected chi connectivity index (χ1v) is 6.26. The highest BCUT2D eigenvalue weighted by molar-refractivity contribution is 5.50. The smallest absolute Gasteiger partial charge is 0.123 e. The van der Waals surface area contributed by atoms with Crippen LogP contribution in [0.5, 0.6) is 0 Å². The van der Waals surface area contributed by atoms with Gasteiger partial charge in [-0.25, -0.2) is 4.39 Å². The second-order valence-electron chi connectivity index (χ2n) is 5.27. The molecule has 0 aromatic heterocycles. The van der Waals surface area contributed by atoms with E-state index >= 15 is 0 Å². The van der Waals surface area contributed by atoms with Crippen LogP contribution in [0.4, 0.5) is 10.1 Å². The molecule has 0 saturated heterocycles. The van der Waals surface area contributed by atoms with Crippen LogP contribution >= 0.6 is 0 Å². The van der Waals surface area contributed by atoms with Gasteiger partial charge in [0.2, 0.25) is 0 Å². The largest absolute Gasteiger partial charge is 0.399 e. The summed E-state index contributed by atoms with van der Waals surface area (Å²) in [6.07, 6.45) is 2.32. The summed E-state index contributed by atoms with van der Waals surface area (Å²) < 4.78 is 13.5. The van der Waals surface area contributed by atoms with Crippen molar-refractivity contribution in [2.24, 2.45) is 0 Å². The molecule has 1 aromatic carbocycles. The van der Waals surface area contributed by atoms with E-state index in [1.165, 1.54) is 5.56 Å². The van der Waals surface area contributed by atoms with Gasteiger partial charge in [0.05, 0.1) is 0 Å². The quantitative estimate of drug-likeness (QED) is 0.771. The van der Waals surface area contributed by atoms with Gasteiger partial charge in [0.1, 0.15) is 5.67 Å². The van der Waals surface area contributed by atoms with Gasteiger partial charge in [-0.05, 0) is 50.3 Å². The van der Waals surface area contributed by atoms with Crippen molar-refractivity contribution in [1.82, 2.24) is 5.32 Å². The van der Waals surface area contributed by atoms with Crippen molar-refractivity contribution in [3.8, 4) is 0 Å². The van der Waals surface area contributed by atoms with Crippen LogP contribution in [0, 0.1) is 6.92 Å². The molecule has 94 valence electrons. The number of hydrogen-bond donors (Lipinski definition) is 2. The van der Waals surface area contributed by atoms with Crippen molar-refractivity contribution in [1.29, 1.82) is 0 Å². The molecule has 1 aliphatic carbocycles. The SMILES string of the molecule is Cc1c(N)cccc1CC(C)NCC1(F)CC1. The molecule has 1 atom stereocenters. The third kappa shape index (κ3) is 3.19. The van der Waals surface area contributed by atoms with Crippen LogP contribution in [0.15, 0.2) is 18.2 Å². The zero-order valence-electron chi connectivity index (χ0n) is 10.6. The lowest BCUT2D eigenvalue weighted by molar-refractivity contribution is 0.285. The molecule has 1 saturated carbocycles. The van der Waals surface area contributed by atoms with Crippen LogP contribution in [0.2, 0.25) is 0 Å². The van der Waals surface area contributed by atoms with E-state index in [9.17, 15) is 4.39 Å². The predicted molar refractivity (Wildman–Crippen MR) is 69.8 cm³/mol. The summed E-state index contributed by atoms with van der Waals surface area (Å²) in [7, 11) is 0.